The van der Waals surface area contributed by atoms with Crippen molar-refractivity contribution in [3.05, 3.63) is 83.3 Å². The van der Waals surface area contributed by atoms with Crippen molar-refractivity contribution in [1.29, 1.82) is 0 Å². The number of hydrogen-bond donors (Lipinski definition) is 1. The fourth-order valence-electron chi connectivity index (χ4n) is 3.43. The maximum Gasteiger partial charge on any atom is 0.338 e. The van der Waals surface area contributed by atoms with Gasteiger partial charge in [0.1, 0.15) is 24.7 Å². The number of carbonyl (C=O) groups excluding carboxylic acids is 1. The summed E-state index contributed by atoms with van der Waals surface area (Å²) >= 11 is 0. The van der Waals surface area contributed by atoms with Gasteiger partial charge in [0.05, 0.1) is 11.7 Å². The van der Waals surface area contributed by atoms with Gasteiger partial charge in [-0.25, -0.2) is 9.48 Å². The lowest BCUT2D eigenvalue weighted by atomic mass is 9.95. The van der Waals surface area contributed by atoms with Gasteiger partial charge in [-0.3, -0.25) is 0 Å². The van der Waals surface area contributed by atoms with Crippen LogP contribution < -0.4 is 10.1 Å². The van der Waals surface area contributed by atoms with Gasteiger partial charge < -0.3 is 14.8 Å². The number of anilines is 1. The lowest BCUT2D eigenvalue weighted by Gasteiger charge is -2.28. The van der Waals surface area contributed by atoms with E-state index in [1.165, 1.54) is 6.33 Å². The van der Waals surface area contributed by atoms with Crippen LogP contribution in [0.2, 0.25) is 0 Å². The number of aromatic nitrogens is 3. The minimum absolute atomic E-state index is 0.218. The van der Waals surface area contributed by atoms with Crippen molar-refractivity contribution >= 4 is 11.9 Å². The van der Waals surface area contributed by atoms with E-state index in [0.29, 0.717) is 23.8 Å². The van der Waals surface area contributed by atoms with Crippen LogP contribution in [0.4, 0.5) is 5.95 Å². The molecule has 0 amide bonds. The average Bonchev–Trinajstić information content (AvgIpc) is 3.20. The second kappa shape index (κ2) is 8.41. The Morgan fingerprint density at radius 3 is 2.57 bits per heavy atom. The van der Waals surface area contributed by atoms with E-state index in [4.69, 9.17) is 9.47 Å². The minimum Gasteiger partial charge on any atom is -0.489 e. The summed E-state index contributed by atoms with van der Waals surface area (Å²) in [6.07, 6.45) is 1.25. The first kappa shape index (κ1) is 19.7. The quantitative estimate of drug-likeness (QED) is 0.623. The van der Waals surface area contributed by atoms with Gasteiger partial charge in [-0.2, -0.15) is 10.1 Å². The molecule has 0 aliphatic carbocycles. The van der Waals surface area contributed by atoms with Crippen molar-refractivity contribution in [2.75, 3.05) is 5.32 Å². The van der Waals surface area contributed by atoms with Gasteiger partial charge in [0.15, 0.2) is 0 Å². The van der Waals surface area contributed by atoms with E-state index in [0.717, 1.165) is 16.9 Å². The van der Waals surface area contributed by atoms with Gasteiger partial charge in [0.25, 0.3) is 0 Å². The van der Waals surface area contributed by atoms with Crippen LogP contribution in [-0.4, -0.2) is 26.8 Å². The van der Waals surface area contributed by atoms with E-state index < -0.39 is 6.04 Å². The van der Waals surface area contributed by atoms with Gasteiger partial charge in [-0.1, -0.05) is 42.5 Å². The molecule has 0 radical (unpaired) electrons. The van der Waals surface area contributed by atoms with Crippen LogP contribution in [0.15, 0.2) is 72.2 Å². The van der Waals surface area contributed by atoms with Gasteiger partial charge >= 0.3 is 5.97 Å². The zero-order valence-electron chi connectivity index (χ0n) is 17.2. The predicted molar refractivity (Wildman–Crippen MR) is 113 cm³/mol. The van der Waals surface area contributed by atoms with Gasteiger partial charge in [0.2, 0.25) is 5.95 Å². The summed E-state index contributed by atoms with van der Waals surface area (Å²) in [5.41, 5.74) is 3.21. The Morgan fingerprint density at radius 1 is 1.13 bits per heavy atom. The number of hydrogen-bond acceptors (Lipinski definition) is 6. The Morgan fingerprint density at radius 2 is 1.87 bits per heavy atom. The summed E-state index contributed by atoms with van der Waals surface area (Å²) in [5.74, 6) is 0.968. The molecule has 0 saturated carbocycles. The molecule has 1 atom stereocenters. The lowest BCUT2D eigenvalue weighted by molar-refractivity contribution is -0.143. The molecule has 2 aromatic carbocycles. The Bertz CT molecular complexity index is 1060. The molecule has 1 N–H and O–H groups in total. The second-order valence-corrected chi connectivity index (χ2v) is 7.39. The normalized spacial score (nSPS) is 15.5. The first-order chi connectivity index (χ1) is 14.5. The largest absolute Gasteiger partial charge is 0.489 e. The molecule has 1 unspecified atom stereocenters. The maximum atomic E-state index is 12.9. The molecule has 0 saturated heterocycles. The molecule has 2 heterocycles. The SMILES string of the molecule is CC1=C(C(=O)OC(C)C)C(c2ccc(OCc3ccccc3)cc2)n2ncnc2N1. The highest BCUT2D eigenvalue weighted by atomic mass is 16.5. The third-order valence-corrected chi connectivity index (χ3v) is 4.80. The van der Waals surface area contributed by atoms with E-state index in [2.05, 4.69) is 15.4 Å². The van der Waals surface area contributed by atoms with E-state index in [1.54, 1.807) is 4.68 Å². The Labute approximate surface area is 175 Å². The van der Waals surface area contributed by atoms with Crippen molar-refractivity contribution in [2.24, 2.45) is 0 Å². The number of nitrogens with one attached hydrogen (secondary N) is 1. The standard InChI is InChI=1S/C23H24N4O3/c1-15(2)30-22(28)20-16(3)26-23-24-14-25-27(23)21(20)18-9-11-19(12-10-18)29-13-17-7-5-4-6-8-17/h4-12,14-15,21H,13H2,1-3H3,(H,24,25,26). The van der Waals surface area contributed by atoms with Gasteiger partial charge in [0, 0.05) is 5.70 Å². The molecule has 3 aromatic rings. The number of nitrogens with zero attached hydrogens (tertiary/aromatic N) is 3. The Balaban J connectivity index is 1.61. The number of carbonyl (C=O) groups is 1. The van der Waals surface area contributed by atoms with Crippen LogP contribution in [-0.2, 0) is 16.1 Å². The molecule has 7 nitrogen and oxygen atoms in total. The summed E-state index contributed by atoms with van der Waals surface area (Å²) in [5, 5.41) is 7.47. The van der Waals surface area contributed by atoms with Crippen molar-refractivity contribution in [1.82, 2.24) is 14.8 Å². The fourth-order valence-corrected chi connectivity index (χ4v) is 3.43. The number of rotatable bonds is 6. The number of esters is 1. The van der Waals surface area contributed by atoms with Crippen LogP contribution >= 0.6 is 0 Å². The van der Waals surface area contributed by atoms with Gasteiger partial charge in [-0.15, -0.1) is 0 Å². The van der Waals surface area contributed by atoms with Crippen LogP contribution in [0.1, 0.15) is 37.9 Å². The van der Waals surface area contributed by atoms with E-state index in [-0.39, 0.29) is 12.1 Å². The molecule has 1 aromatic heterocycles. The smallest absolute Gasteiger partial charge is 0.338 e. The molecular weight excluding hydrogens is 380 g/mol. The molecular formula is C23H24N4O3. The lowest BCUT2D eigenvalue weighted by Crippen LogP contribution is -2.30. The van der Waals surface area contributed by atoms with E-state index in [1.807, 2.05) is 75.4 Å². The van der Waals surface area contributed by atoms with Crippen LogP contribution in [0.25, 0.3) is 0 Å². The van der Waals surface area contributed by atoms with Crippen molar-refractivity contribution in [3.8, 4) is 5.75 Å². The molecule has 7 heteroatoms. The first-order valence-corrected chi connectivity index (χ1v) is 9.88. The number of fused-ring (bicyclic) bond motifs is 1. The molecule has 1 aliphatic heterocycles. The van der Waals surface area contributed by atoms with Crippen LogP contribution in [0, 0.1) is 0 Å². The molecule has 0 bridgehead atoms. The van der Waals surface area contributed by atoms with E-state index >= 15 is 0 Å². The topological polar surface area (TPSA) is 78.3 Å². The van der Waals surface area contributed by atoms with Crippen molar-refractivity contribution in [3.63, 3.8) is 0 Å². The Kier molecular flexibility index (Phi) is 5.52. The number of benzene rings is 2. The maximum absolute atomic E-state index is 12.9. The second-order valence-electron chi connectivity index (χ2n) is 7.39. The summed E-state index contributed by atoms with van der Waals surface area (Å²) < 4.78 is 13.1. The van der Waals surface area contributed by atoms with Gasteiger partial charge in [-0.05, 0) is 44.0 Å². The highest BCUT2D eigenvalue weighted by molar-refractivity contribution is 5.92. The van der Waals surface area contributed by atoms with E-state index in [9.17, 15) is 4.79 Å². The molecule has 4 rings (SSSR count). The van der Waals surface area contributed by atoms with Crippen molar-refractivity contribution < 1.29 is 14.3 Å². The molecule has 1 aliphatic rings. The number of ether oxygens (including phenoxy) is 2. The van der Waals surface area contributed by atoms with Crippen molar-refractivity contribution in [2.45, 2.75) is 39.5 Å². The minimum atomic E-state index is -0.432. The average molecular weight is 404 g/mol. The summed E-state index contributed by atoms with van der Waals surface area (Å²) in [4.78, 5) is 17.1. The monoisotopic (exact) mass is 404 g/mol. The first-order valence-electron chi connectivity index (χ1n) is 9.88. The zero-order valence-corrected chi connectivity index (χ0v) is 17.2. The molecule has 0 fully saturated rings. The molecule has 30 heavy (non-hydrogen) atoms. The molecule has 0 spiro atoms. The Hall–Kier alpha value is -3.61. The van der Waals surface area contributed by atoms with Crippen LogP contribution in [0.3, 0.4) is 0 Å². The number of allylic oxidation sites excluding steroid dienone is 1. The van der Waals surface area contributed by atoms with Crippen LogP contribution in [0.5, 0.6) is 5.75 Å². The summed E-state index contributed by atoms with van der Waals surface area (Å²) in [7, 11) is 0. The zero-order chi connectivity index (χ0) is 21.1. The third-order valence-electron chi connectivity index (χ3n) is 4.80. The molecule has 154 valence electrons. The third kappa shape index (κ3) is 4.05. The summed E-state index contributed by atoms with van der Waals surface area (Å²) in [6, 6.07) is 17.3. The predicted octanol–water partition coefficient (Wildman–Crippen LogP) is 4.10. The fraction of sp³-hybridized carbons (Fsp3) is 0.261. The summed E-state index contributed by atoms with van der Waals surface area (Å²) in [6.45, 7) is 6.00. The highest BCUT2D eigenvalue weighted by Gasteiger charge is 2.34. The highest BCUT2D eigenvalue weighted by Crippen LogP contribution is 2.36.